The van der Waals surface area contributed by atoms with Crippen LogP contribution in [0.1, 0.15) is 77.8 Å². The van der Waals surface area contributed by atoms with Crippen LogP contribution in [0, 0.1) is 18.8 Å². The second-order valence-corrected chi connectivity index (χ2v) is 15.5. The largest absolute Gasteiger partial charge is 0.493 e. The molecule has 0 spiro atoms. The molecule has 3 heterocycles. The van der Waals surface area contributed by atoms with E-state index in [4.69, 9.17) is 18.9 Å². The van der Waals surface area contributed by atoms with Gasteiger partial charge in [0.2, 0.25) is 0 Å². The lowest BCUT2D eigenvalue weighted by atomic mass is 9.88. The second-order valence-electron chi connectivity index (χ2n) is 15.5. The van der Waals surface area contributed by atoms with Crippen LogP contribution in [0.5, 0.6) is 17.2 Å². The summed E-state index contributed by atoms with van der Waals surface area (Å²) in [5, 5.41) is 25.9. The number of carbonyl (C=O) groups excluding carboxylic acids is 3. The quantitative estimate of drug-likeness (QED) is 0.132. The topological polar surface area (TPSA) is 150 Å². The van der Waals surface area contributed by atoms with E-state index in [-0.39, 0.29) is 41.4 Å². The monoisotopic (exact) mass is 780 g/mol. The molecule has 3 aromatic rings. The highest BCUT2D eigenvalue weighted by Gasteiger charge is 2.46. The van der Waals surface area contributed by atoms with Crippen molar-refractivity contribution in [2.75, 3.05) is 49.5 Å². The molecule has 0 fully saturated rings. The Morgan fingerprint density at radius 2 is 1.54 bits per heavy atom. The molecule has 7 rings (SSSR count). The van der Waals surface area contributed by atoms with Gasteiger partial charge >= 0.3 is 6.09 Å². The Kier molecular flexibility index (Phi) is 11.5. The van der Waals surface area contributed by atoms with Crippen molar-refractivity contribution in [3.05, 3.63) is 94.2 Å². The average molecular weight is 781 g/mol. The fraction of sp³-hybridized carbons (Fsp3) is 0.432. The number of hydrogen-bond acceptors (Lipinski definition) is 11. The first kappa shape index (κ1) is 39.7. The Balaban J connectivity index is 1.00. The number of rotatable bonds is 12. The van der Waals surface area contributed by atoms with Gasteiger partial charge in [0.1, 0.15) is 18.6 Å². The molecule has 1 unspecified atom stereocenters. The molecule has 0 saturated heterocycles. The molecule has 57 heavy (non-hydrogen) atoms. The first-order chi connectivity index (χ1) is 27.4. The van der Waals surface area contributed by atoms with E-state index < -0.39 is 24.6 Å². The molecule has 0 bridgehead atoms. The van der Waals surface area contributed by atoms with Crippen LogP contribution >= 0.6 is 0 Å². The fourth-order valence-electron chi connectivity index (χ4n) is 8.34. The lowest BCUT2D eigenvalue weighted by molar-refractivity contribution is 0.0544. The van der Waals surface area contributed by atoms with Gasteiger partial charge < -0.3 is 44.3 Å². The summed E-state index contributed by atoms with van der Waals surface area (Å²) in [5.41, 5.74) is 6.18. The van der Waals surface area contributed by atoms with Gasteiger partial charge in [-0.05, 0) is 88.3 Å². The van der Waals surface area contributed by atoms with Gasteiger partial charge in [-0.3, -0.25) is 9.59 Å². The number of allylic oxidation sites excluding steroid dienone is 2. The van der Waals surface area contributed by atoms with E-state index in [1.807, 2.05) is 77.3 Å². The number of hydrogen-bond donors (Lipinski definition) is 3. The maximum atomic E-state index is 13.9. The van der Waals surface area contributed by atoms with Gasteiger partial charge in [-0.2, -0.15) is 0 Å². The lowest BCUT2D eigenvalue weighted by Gasteiger charge is -2.31. The molecule has 302 valence electrons. The predicted molar refractivity (Wildman–Crippen MR) is 216 cm³/mol. The molecular weight excluding hydrogens is 729 g/mol. The fourth-order valence-corrected chi connectivity index (χ4v) is 8.34. The van der Waals surface area contributed by atoms with Crippen molar-refractivity contribution in [2.24, 2.45) is 11.8 Å². The highest BCUT2D eigenvalue weighted by molar-refractivity contribution is 6.07. The zero-order valence-electron chi connectivity index (χ0n) is 33.4. The highest BCUT2D eigenvalue weighted by Crippen LogP contribution is 2.44. The van der Waals surface area contributed by atoms with Crippen LogP contribution in [-0.4, -0.2) is 85.8 Å². The average Bonchev–Trinajstić information content (AvgIpc) is 3.77. The zero-order chi connectivity index (χ0) is 40.5. The number of amides is 2. The number of Topliss-reactive ketones (excluding diaryl/α,β-unsaturated/α-hetero) is 1. The molecular formula is C44H52N4O9. The molecule has 5 atom stereocenters. The summed E-state index contributed by atoms with van der Waals surface area (Å²) in [6.07, 6.45) is 4.00. The van der Waals surface area contributed by atoms with E-state index in [0.717, 1.165) is 45.7 Å². The normalized spacial score (nSPS) is 22.4. The number of nitrogens with zero attached hydrogens (tertiary/aromatic N) is 3. The van der Waals surface area contributed by atoms with Crippen LogP contribution in [0.2, 0.25) is 0 Å². The first-order valence-electron chi connectivity index (χ1n) is 19.6. The van der Waals surface area contributed by atoms with Crippen molar-refractivity contribution in [2.45, 2.75) is 78.0 Å². The van der Waals surface area contributed by atoms with Crippen LogP contribution in [0.4, 0.5) is 21.9 Å². The molecule has 13 nitrogen and oxygen atoms in total. The minimum atomic E-state index is -1.39. The van der Waals surface area contributed by atoms with Crippen molar-refractivity contribution < 1.29 is 43.5 Å². The molecule has 0 saturated carbocycles. The van der Waals surface area contributed by atoms with Crippen molar-refractivity contribution in [1.29, 1.82) is 0 Å². The summed E-state index contributed by atoms with van der Waals surface area (Å²) >= 11 is 0. The van der Waals surface area contributed by atoms with Crippen molar-refractivity contribution in [3.63, 3.8) is 0 Å². The van der Waals surface area contributed by atoms with E-state index in [9.17, 15) is 24.6 Å². The molecule has 0 aromatic heterocycles. The maximum absolute atomic E-state index is 13.9. The van der Waals surface area contributed by atoms with Gasteiger partial charge in [0.15, 0.2) is 23.5 Å². The molecule has 3 N–H and O–H groups in total. The maximum Gasteiger partial charge on any atom is 0.416 e. The van der Waals surface area contributed by atoms with E-state index in [0.29, 0.717) is 61.0 Å². The third-order valence-electron chi connectivity index (χ3n) is 11.5. The molecule has 13 heteroatoms. The predicted octanol–water partition coefficient (Wildman–Crippen LogP) is 6.80. The third-order valence-corrected chi connectivity index (χ3v) is 11.5. The first-order valence-corrected chi connectivity index (χ1v) is 19.6. The highest BCUT2D eigenvalue weighted by atomic mass is 16.6. The number of benzene rings is 3. The Bertz CT molecular complexity index is 2100. The summed E-state index contributed by atoms with van der Waals surface area (Å²) in [6.45, 7) is 6.54. The summed E-state index contributed by atoms with van der Waals surface area (Å²) < 4.78 is 23.8. The summed E-state index contributed by atoms with van der Waals surface area (Å²) in [6, 6.07) is 13.6. The van der Waals surface area contributed by atoms with Gasteiger partial charge in [0.25, 0.3) is 5.91 Å². The molecule has 3 aromatic carbocycles. The molecule has 2 amide bonds. The summed E-state index contributed by atoms with van der Waals surface area (Å²) in [7, 11) is 5.12. The minimum Gasteiger partial charge on any atom is -0.493 e. The number of ketones is 1. The molecule has 4 aliphatic rings. The number of unbranched alkanes of at least 4 members (excludes halogenated alkanes) is 2. The number of carbonyl (C=O) groups is 3. The lowest BCUT2D eigenvalue weighted by Crippen LogP contribution is -2.50. The number of ether oxygens (including phenoxy) is 4. The van der Waals surface area contributed by atoms with Crippen molar-refractivity contribution in [3.8, 4) is 17.2 Å². The van der Waals surface area contributed by atoms with Crippen LogP contribution in [0.3, 0.4) is 0 Å². The number of methoxy groups -OCH3 is 1. The van der Waals surface area contributed by atoms with Gasteiger partial charge in [-0.1, -0.05) is 29.4 Å². The number of fused-ring (bicyclic) bond motifs is 4. The number of nitrogens with one attached hydrogen (secondary N) is 1. The van der Waals surface area contributed by atoms with E-state index in [1.165, 1.54) is 12.0 Å². The minimum absolute atomic E-state index is 0.0330. The van der Waals surface area contributed by atoms with Gasteiger partial charge in [-0.15, -0.1) is 0 Å². The standard InChI is InChI=1S/C44H52N4O9/c1-25-16-30-31(17-25)41(50)46(5)34-21-37(27(3)19-32(34)40(30)49)55-14-8-7-9-15-56-39-22-35-33(20-38(39)54-6)42(51)47-23-26(2)18-36(47)43(52)48(35)44(53)57-24-28-10-12-29(45-4)13-11-28/h10-13,16,19-23,30-31,36,41,43,45,50,52H,7-9,14-15,17-18,24H2,1-6H3/t30?,31-,36+,41+,43+/m1/s1. The SMILES string of the molecule is CNc1ccc(COC(=O)N2c3cc(OCCCCCOc4cc5c(cc4C)C(=O)C4C=C(C)C[C@H]4[C@H](O)N5C)c(OC)cc3C(=O)N3C=C(C)C[C@H]3[C@@H]2O)cc1. The van der Waals surface area contributed by atoms with E-state index in [1.54, 1.807) is 23.2 Å². The van der Waals surface area contributed by atoms with E-state index >= 15 is 0 Å². The second kappa shape index (κ2) is 16.5. The Morgan fingerprint density at radius 3 is 2.25 bits per heavy atom. The Morgan fingerprint density at radius 1 is 0.842 bits per heavy atom. The van der Waals surface area contributed by atoms with Crippen molar-refractivity contribution >= 4 is 34.8 Å². The number of aryl methyl sites for hydroxylation is 1. The van der Waals surface area contributed by atoms with Gasteiger partial charge in [-0.25, -0.2) is 9.69 Å². The van der Waals surface area contributed by atoms with Crippen LogP contribution in [0.15, 0.2) is 72.0 Å². The molecule has 3 aliphatic heterocycles. The Labute approximate surface area is 333 Å². The molecule has 1 aliphatic carbocycles. The summed E-state index contributed by atoms with van der Waals surface area (Å²) in [4.78, 5) is 45.6. The third kappa shape index (κ3) is 7.78. The zero-order valence-corrected chi connectivity index (χ0v) is 33.4. The number of aliphatic hydroxyl groups excluding tert-OH is 2. The smallest absolute Gasteiger partial charge is 0.416 e. The van der Waals surface area contributed by atoms with Crippen LogP contribution in [0.25, 0.3) is 0 Å². The number of anilines is 3. The van der Waals surface area contributed by atoms with Crippen molar-refractivity contribution in [1.82, 2.24) is 4.90 Å². The summed E-state index contributed by atoms with van der Waals surface area (Å²) in [5.74, 6) is 0.464. The van der Waals surface area contributed by atoms with Crippen LogP contribution < -0.4 is 29.3 Å². The van der Waals surface area contributed by atoms with Gasteiger partial charge in [0.05, 0.1) is 43.3 Å². The molecule has 0 radical (unpaired) electrons. The Hall–Kier alpha value is -5.53. The van der Waals surface area contributed by atoms with E-state index in [2.05, 4.69) is 5.32 Å². The van der Waals surface area contributed by atoms with Gasteiger partial charge in [0, 0.05) is 55.5 Å². The number of aliphatic hydroxyl groups is 2. The van der Waals surface area contributed by atoms with Crippen LogP contribution in [-0.2, 0) is 11.3 Å².